The molecule has 5 nitrogen and oxygen atoms in total. The molecule has 2 rings (SSSR count). The van der Waals surface area contributed by atoms with E-state index in [1.54, 1.807) is 12.0 Å². The number of nitrogens with one attached hydrogen (secondary N) is 1. The van der Waals surface area contributed by atoms with E-state index in [0.29, 0.717) is 13.0 Å². The van der Waals surface area contributed by atoms with Gasteiger partial charge in [-0.25, -0.2) is 0 Å². The molecule has 0 aliphatic rings. The van der Waals surface area contributed by atoms with Crippen molar-refractivity contribution in [1.29, 1.82) is 0 Å². The van der Waals surface area contributed by atoms with Crippen LogP contribution in [0, 0.1) is 6.92 Å². The van der Waals surface area contributed by atoms with Crippen LogP contribution in [0.3, 0.4) is 0 Å². The summed E-state index contributed by atoms with van der Waals surface area (Å²) in [5.41, 5.74) is 3.03. The third-order valence-corrected chi connectivity index (χ3v) is 5.34. The zero-order chi connectivity index (χ0) is 22.1. The topological polar surface area (TPSA) is 58.6 Å². The SMILES string of the molecule is CCC(C)NC(=O)C(CC)N(Cc1ccc(OC)cc1)C(=O)Cc1cccc(C)c1. The largest absolute Gasteiger partial charge is 0.497 e. The fourth-order valence-electron chi connectivity index (χ4n) is 3.39. The number of amides is 2. The molecular weight excluding hydrogens is 376 g/mol. The smallest absolute Gasteiger partial charge is 0.243 e. The Morgan fingerprint density at radius 1 is 1.03 bits per heavy atom. The van der Waals surface area contributed by atoms with Crippen LogP contribution in [-0.4, -0.2) is 35.9 Å². The minimum Gasteiger partial charge on any atom is -0.497 e. The average molecular weight is 411 g/mol. The molecule has 1 N–H and O–H groups in total. The van der Waals surface area contributed by atoms with Gasteiger partial charge in [0.2, 0.25) is 11.8 Å². The molecule has 0 fully saturated rings. The summed E-state index contributed by atoms with van der Waals surface area (Å²) in [4.78, 5) is 28.0. The molecule has 162 valence electrons. The summed E-state index contributed by atoms with van der Waals surface area (Å²) < 4.78 is 5.23. The van der Waals surface area contributed by atoms with Gasteiger partial charge >= 0.3 is 0 Å². The van der Waals surface area contributed by atoms with Crippen LogP contribution in [0.5, 0.6) is 5.75 Å². The van der Waals surface area contributed by atoms with Crippen molar-refractivity contribution in [3.05, 3.63) is 65.2 Å². The van der Waals surface area contributed by atoms with E-state index in [9.17, 15) is 9.59 Å². The first kappa shape index (κ1) is 23.5. The molecule has 0 saturated carbocycles. The summed E-state index contributed by atoms with van der Waals surface area (Å²) in [5.74, 6) is 0.610. The number of benzene rings is 2. The Balaban J connectivity index is 2.28. The maximum atomic E-state index is 13.3. The highest BCUT2D eigenvalue weighted by Gasteiger charge is 2.29. The Kier molecular flexibility index (Phi) is 8.90. The normalized spacial score (nSPS) is 12.7. The van der Waals surface area contributed by atoms with E-state index in [4.69, 9.17) is 4.74 Å². The van der Waals surface area contributed by atoms with Crippen LogP contribution in [0.1, 0.15) is 50.3 Å². The third kappa shape index (κ3) is 6.61. The van der Waals surface area contributed by atoms with Crippen LogP contribution < -0.4 is 10.1 Å². The quantitative estimate of drug-likeness (QED) is 0.636. The Morgan fingerprint density at radius 3 is 2.30 bits per heavy atom. The Labute approximate surface area is 180 Å². The van der Waals surface area contributed by atoms with E-state index in [0.717, 1.165) is 28.9 Å². The van der Waals surface area contributed by atoms with Gasteiger partial charge in [-0.05, 0) is 49.9 Å². The summed E-state index contributed by atoms with van der Waals surface area (Å²) in [6.45, 7) is 8.34. The van der Waals surface area contributed by atoms with Crippen molar-refractivity contribution in [1.82, 2.24) is 10.2 Å². The van der Waals surface area contributed by atoms with Crippen molar-refractivity contribution < 1.29 is 14.3 Å². The average Bonchev–Trinajstić information content (AvgIpc) is 2.73. The van der Waals surface area contributed by atoms with Crippen LogP contribution in [0.2, 0.25) is 0 Å². The number of nitrogens with zero attached hydrogens (tertiary/aromatic N) is 1. The van der Waals surface area contributed by atoms with Gasteiger partial charge < -0.3 is 15.0 Å². The molecule has 5 heteroatoms. The Morgan fingerprint density at radius 2 is 1.73 bits per heavy atom. The second-order valence-corrected chi connectivity index (χ2v) is 7.78. The second-order valence-electron chi connectivity index (χ2n) is 7.78. The first-order valence-corrected chi connectivity index (χ1v) is 10.7. The van der Waals surface area contributed by atoms with Gasteiger partial charge in [0.1, 0.15) is 11.8 Å². The van der Waals surface area contributed by atoms with Crippen LogP contribution in [0.15, 0.2) is 48.5 Å². The monoisotopic (exact) mass is 410 g/mol. The lowest BCUT2D eigenvalue weighted by Gasteiger charge is -2.31. The van der Waals surface area contributed by atoms with Gasteiger partial charge in [-0.3, -0.25) is 9.59 Å². The maximum absolute atomic E-state index is 13.3. The van der Waals surface area contributed by atoms with Gasteiger partial charge in [-0.2, -0.15) is 0 Å². The van der Waals surface area contributed by atoms with Crippen molar-refractivity contribution in [3.63, 3.8) is 0 Å². The molecule has 2 aromatic rings. The first-order chi connectivity index (χ1) is 14.4. The highest BCUT2D eigenvalue weighted by Crippen LogP contribution is 2.18. The molecule has 0 aromatic heterocycles. The Bertz CT molecular complexity index is 833. The number of hydrogen-bond acceptors (Lipinski definition) is 3. The van der Waals surface area contributed by atoms with Crippen molar-refractivity contribution in [2.24, 2.45) is 0 Å². The molecule has 2 amide bonds. The molecule has 0 saturated heterocycles. The number of aryl methyl sites for hydroxylation is 1. The highest BCUT2D eigenvalue weighted by atomic mass is 16.5. The Hall–Kier alpha value is -2.82. The van der Waals surface area contributed by atoms with E-state index in [1.807, 2.05) is 76.2 Å². The summed E-state index contributed by atoms with van der Waals surface area (Å²) in [6.07, 6.45) is 1.67. The first-order valence-electron chi connectivity index (χ1n) is 10.7. The number of carbonyl (C=O) groups excluding carboxylic acids is 2. The van der Waals surface area contributed by atoms with Crippen LogP contribution in [0.25, 0.3) is 0 Å². The number of methoxy groups -OCH3 is 1. The lowest BCUT2D eigenvalue weighted by atomic mass is 10.0. The molecule has 0 radical (unpaired) electrons. The van der Waals surface area contributed by atoms with Crippen molar-refractivity contribution in [3.8, 4) is 5.75 Å². The zero-order valence-corrected chi connectivity index (χ0v) is 18.8. The van der Waals surface area contributed by atoms with E-state index < -0.39 is 6.04 Å². The third-order valence-electron chi connectivity index (χ3n) is 5.34. The minimum atomic E-state index is -0.515. The number of ether oxygens (including phenoxy) is 1. The van der Waals surface area contributed by atoms with Crippen LogP contribution >= 0.6 is 0 Å². The molecule has 0 aliphatic heterocycles. The maximum Gasteiger partial charge on any atom is 0.243 e. The van der Waals surface area contributed by atoms with Gasteiger partial charge in [0.25, 0.3) is 0 Å². The molecule has 2 aromatic carbocycles. The molecule has 30 heavy (non-hydrogen) atoms. The van der Waals surface area contributed by atoms with E-state index in [-0.39, 0.29) is 24.3 Å². The predicted molar refractivity (Wildman–Crippen MR) is 120 cm³/mol. The number of hydrogen-bond donors (Lipinski definition) is 1. The van der Waals surface area contributed by atoms with Gasteiger partial charge in [0.15, 0.2) is 0 Å². The number of carbonyl (C=O) groups is 2. The zero-order valence-electron chi connectivity index (χ0n) is 18.8. The molecular formula is C25H34N2O3. The molecule has 2 unspecified atom stereocenters. The molecule has 0 heterocycles. The lowest BCUT2D eigenvalue weighted by Crippen LogP contribution is -2.51. The van der Waals surface area contributed by atoms with Gasteiger partial charge in [-0.1, -0.05) is 55.8 Å². The summed E-state index contributed by atoms with van der Waals surface area (Å²) in [7, 11) is 1.62. The summed E-state index contributed by atoms with van der Waals surface area (Å²) in [6, 6.07) is 15.1. The summed E-state index contributed by atoms with van der Waals surface area (Å²) >= 11 is 0. The van der Waals surface area contributed by atoms with E-state index >= 15 is 0 Å². The van der Waals surface area contributed by atoms with Crippen molar-refractivity contribution in [2.75, 3.05) is 7.11 Å². The van der Waals surface area contributed by atoms with Crippen molar-refractivity contribution >= 4 is 11.8 Å². The fourth-order valence-corrected chi connectivity index (χ4v) is 3.39. The predicted octanol–water partition coefficient (Wildman–Crippen LogP) is 4.27. The highest BCUT2D eigenvalue weighted by molar-refractivity contribution is 5.88. The fraction of sp³-hybridized carbons (Fsp3) is 0.440. The number of rotatable bonds is 10. The van der Waals surface area contributed by atoms with Gasteiger partial charge in [0.05, 0.1) is 13.5 Å². The molecule has 2 atom stereocenters. The van der Waals surface area contributed by atoms with Crippen LogP contribution in [0.4, 0.5) is 0 Å². The van der Waals surface area contributed by atoms with Crippen LogP contribution in [-0.2, 0) is 22.6 Å². The minimum absolute atomic E-state index is 0.0532. The van der Waals surface area contributed by atoms with Crippen molar-refractivity contribution in [2.45, 2.75) is 65.6 Å². The van der Waals surface area contributed by atoms with E-state index in [2.05, 4.69) is 5.32 Å². The van der Waals surface area contributed by atoms with Gasteiger partial charge in [0, 0.05) is 12.6 Å². The standard InChI is InChI=1S/C25H34N2O3/c1-6-19(4)26-25(29)23(7-2)27(17-20-11-13-22(30-5)14-12-20)24(28)16-21-10-8-9-18(3)15-21/h8-15,19,23H,6-7,16-17H2,1-5H3,(H,26,29). The molecule has 0 spiro atoms. The summed E-state index contributed by atoms with van der Waals surface area (Å²) in [5, 5.41) is 3.04. The molecule has 0 aliphatic carbocycles. The molecule has 0 bridgehead atoms. The van der Waals surface area contributed by atoms with Gasteiger partial charge in [-0.15, -0.1) is 0 Å². The second kappa shape index (κ2) is 11.4. The lowest BCUT2D eigenvalue weighted by molar-refractivity contribution is -0.141. The van der Waals surface area contributed by atoms with E-state index in [1.165, 1.54) is 0 Å².